The van der Waals surface area contributed by atoms with Gasteiger partial charge >= 0.3 is 0 Å². The van der Waals surface area contributed by atoms with Gasteiger partial charge in [0.05, 0.1) is 0 Å². The number of hydrogen-bond donors (Lipinski definition) is 0. The van der Waals surface area contributed by atoms with Gasteiger partial charge in [-0.25, -0.2) is 0 Å². The number of piperidine rings is 1. The van der Waals surface area contributed by atoms with Crippen LogP contribution < -0.4 is 0 Å². The molecule has 0 saturated carbocycles. The van der Waals surface area contributed by atoms with Gasteiger partial charge in [0.1, 0.15) is 0 Å². The predicted molar refractivity (Wildman–Crippen MR) is 117 cm³/mol. The van der Waals surface area contributed by atoms with Gasteiger partial charge in [0.25, 0.3) is 0 Å². The second kappa shape index (κ2) is 7.57. The lowest BCUT2D eigenvalue weighted by atomic mass is 9.86. The summed E-state index contributed by atoms with van der Waals surface area (Å²) in [4.78, 5) is 6.81. The van der Waals surface area contributed by atoms with E-state index in [9.17, 15) is 0 Å². The SMILES string of the molecule is C1=Cc2ccccc2C(=C2CCN(Cc3cccnc3)CC2)c2ccccc21. The molecule has 2 aromatic carbocycles. The van der Waals surface area contributed by atoms with Crippen LogP contribution in [0.1, 0.15) is 40.7 Å². The van der Waals surface area contributed by atoms with Crippen molar-refractivity contribution in [3.63, 3.8) is 0 Å². The molecule has 1 aliphatic heterocycles. The molecule has 0 radical (unpaired) electrons. The molecule has 1 aromatic heterocycles. The van der Waals surface area contributed by atoms with Crippen LogP contribution in [-0.2, 0) is 6.54 Å². The molecule has 1 saturated heterocycles. The summed E-state index contributed by atoms with van der Waals surface area (Å²) in [7, 11) is 0. The summed E-state index contributed by atoms with van der Waals surface area (Å²) in [5.41, 5.74) is 9.73. The van der Waals surface area contributed by atoms with Crippen molar-refractivity contribution >= 4 is 17.7 Å². The highest BCUT2D eigenvalue weighted by Gasteiger charge is 2.22. The van der Waals surface area contributed by atoms with Gasteiger partial charge in [0, 0.05) is 32.0 Å². The zero-order valence-electron chi connectivity index (χ0n) is 16.0. The average molecular weight is 364 g/mol. The Morgan fingerprint density at radius 1 is 0.750 bits per heavy atom. The zero-order valence-corrected chi connectivity index (χ0v) is 16.0. The fourth-order valence-electron chi connectivity index (χ4n) is 4.43. The Balaban J connectivity index is 1.49. The molecule has 0 bridgehead atoms. The summed E-state index contributed by atoms with van der Waals surface area (Å²) in [5, 5.41) is 0. The average Bonchev–Trinajstić information content (AvgIpc) is 2.92. The number of aromatic nitrogens is 1. The number of pyridine rings is 1. The Morgan fingerprint density at radius 2 is 1.39 bits per heavy atom. The third-order valence-electron chi connectivity index (χ3n) is 5.84. The fourth-order valence-corrected chi connectivity index (χ4v) is 4.43. The van der Waals surface area contributed by atoms with E-state index in [0.717, 1.165) is 32.5 Å². The standard InChI is InChI=1S/C26H24N2/c1-3-9-24-21(7-1)11-12-22-8-2-4-10-25(22)26(24)23-13-16-28(17-14-23)19-20-6-5-15-27-18-20/h1-12,15,18H,13-14,16-17,19H2. The number of nitrogens with zero attached hydrogens (tertiary/aromatic N) is 2. The number of hydrogen-bond acceptors (Lipinski definition) is 2. The van der Waals surface area contributed by atoms with Crippen LogP contribution in [0.4, 0.5) is 0 Å². The second-order valence-electron chi connectivity index (χ2n) is 7.62. The second-order valence-corrected chi connectivity index (χ2v) is 7.62. The third kappa shape index (κ3) is 3.32. The van der Waals surface area contributed by atoms with Gasteiger partial charge in [0.2, 0.25) is 0 Å². The van der Waals surface area contributed by atoms with Crippen LogP contribution in [0.2, 0.25) is 0 Å². The first-order chi connectivity index (χ1) is 13.9. The van der Waals surface area contributed by atoms with E-state index in [4.69, 9.17) is 0 Å². The Morgan fingerprint density at radius 3 is 2.00 bits per heavy atom. The molecule has 3 aromatic rings. The summed E-state index contributed by atoms with van der Waals surface area (Å²) in [6.07, 6.45) is 10.6. The van der Waals surface area contributed by atoms with Crippen LogP contribution in [0.25, 0.3) is 17.7 Å². The van der Waals surface area contributed by atoms with Crippen LogP contribution in [0.5, 0.6) is 0 Å². The molecular formula is C26H24N2. The molecule has 5 rings (SSSR count). The first-order valence-electron chi connectivity index (χ1n) is 10.1. The molecule has 2 aliphatic rings. The van der Waals surface area contributed by atoms with Crippen LogP contribution in [0.15, 0.2) is 78.6 Å². The van der Waals surface area contributed by atoms with Gasteiger partial charge < -0.3 is 0 Å². The quantitative estimate of drug-likeness (QED) is 0.456. The summed E-state index contributed by atoms with van der Waals surface area (Å²) in [6.45, 7) is 3.20. The summed E-state index contributed by atoms with van der Waals surface area (Å²) in [5.74, 6) is 0. The zero-order chi connectivity index (χ0) is 18.8. The van der Waals surface area contributed by atoms with Gasteiger partial charge in [-0.2, -0.15) is 0 Å². The molecule has 2 heteroatoms. The monoisotopic (exact) mass is 364 g/mol. The van der Waals surface area contributed by atoms with E-state index in [0.29, 0.717) is 0 Å². The predicted octanol–water partition coefficient (Wildman–Crippen LogP) is 5.66. The van der Waals surface area contributed by atoms with Crippen LogP contribution in [0.3, 0.4) is 0 Å². The molecule has 0 spiro atoms. The van der Waals surface area contributed by atoms with Gasteiger partial charge in [-0.15, -0.1) is 0 Å². The van der Waals surface area contributed by atoms with Crippen LogP contribution >= 0.6 is 0 Å². The highest BCUT2D eigenvalue weighted by atomic mass is 15.1. The van der Waals surface area contributed by atoms with Crippen molar-refractivity contribution < 1.29 is 0 Å². The normalized spacial score (nSPS) is 16.4. The third-order valence-corrected chi connectivity index (χ3v) is 5.84. The van der Waals surface area contributed by atoms with Gasteiger partial charge in [-0.05, 0) is 52.3 Å². The first kappa shape index (κ1) is 17.2. The smallest absolute Gasteiger partial charge is 0.0312 e. The van der Waals surface area contributed by atoms with Crippen LogP contribution in [0, 0.1) is 0 Å². The lowest BCUT2D eigenvalue weighted by Gasteiger charge is -2.30. The summed E-state index contributed by atoms with van der Waals surface area (Å²) < 4.78 is 0. The highest BCUT2D eigenvalue weighted by Crippen LogP contribution is 2.38. The molecule has 0 N–H and O–H groups in total. The number of benzene rings is 2. The van der Waals surface area contributed by atoms with Crippen LogP contribution in [-0.4, -0.2) is 23.0 Å². The minimum Gasteiger partial charge on any atom is -0.298 e. The maximum Gasteiger partial charge on any atom is 0.0312 e. The Labute approximate surface area is 166 Å². The minimum atomic E-state index is 0.991. The van der Waals surface area contributed by atoms with E-state index in [2.05, 4.69) is 76.6 Å². The van der Waals surface area contributed by atoms with Crippen molar-refractivity contribution in [3.05, 3.63) is 106 Å². The molecule has 138 valence electrons. The minimum absolute atomic E-state index is 0.991. The largest absolute Gasteiger partial charge is 0.298 e. The van der Waals surface area contributed by atoms with E-state index in [1.54, 1.807) is 5.57 Å². The van der Waals surface area contributed by atoms with Crippen molar-refractivity contribution in [2.45, 2.75) is 19.4 Å². The van der Waals surface area contributed by atoms with Crippen molar-refractivity contribution in [2.24, 2.45) is 0 Å². The molecular weight excluding hydrogens is 340 g/mol. The molecule has 0 atom stereocenters. The van der Waals surface area contributed by atoms with Crippen molar-refractivity contribution in [1.29, 1.82) is 0 Å². The molecule has 28 heavy (non-hydrogen) atoms. The summed E-state index contributed by atoms with van der Waals surface area (Å²) >= 11 is 0. The van der Waals surface area contributed by atoms with Gasteiger partial charge in [0.15, 0.2) is 0 Å². The van der Waals surface area contributed by atoms with E-state index in [-0.39, 0.29) is 0 Å². The van der Waals surface area contributed by atoms with Crippen molar-refractivity contribution in [3.8, 4) is 0 Å². The highest BCUT2D eigenvalue weighted by molar-refractivity contribution is 5.94. The molecule has 1 fully saturated rings. The van der Waals surface area contributed by atoms with E-state index >= 15 is 0 Å². The lowest BCUT2D eigenvalue weighted by molar-refractivity contribution is 0.248. The van der Waals surface area contributed by atoms with Crippen molar-refractivity contribution in [1.82, 2.24) is 9.88 Å². The van der Waals surface area contributed by atoms with E-state index in [1.807, 2.05) is 18.5 Å². The van der Waals surface area contributed by atoms with Gasteiger partial charge in [-0.3, -0.25) is 9.88 Å². The maximum atomic E-state index is 4.26. The molecule has 2 heterocycles. The Hall–Kier alpha value is -2.97. The maximum absolute atomic E-state index is 4.26. The summed E-state index contributed by atoms with van der Waals surface area (Å²) in [6, 6.07) is 21.8. The number of fused-ring (bicyclic) bond motifs is 2. The Bertz CT molecular complexity index is 985. The molecule has 2 nitrogen and oxygen atoms in total. The Kier molecular flexibility index (Phi) is 4.64. The van der Waals surface area contributed by atoms with Crippen molar-refractivity contribution in [2.75, 3.05) is 13.1 Å². The van der Waals surface area contributed by atoms with Gasteiger partial charge in [-0.1, -0.05) is 72.3 Å². The first-order valence-corrected chi connectivity index (χ1v) is 10.1. The topological polar surface area (TPSA) is 16.1 Å². The molecule has 0 unspecified atom stereocenters. The number of likely N-dealkylation sites (tertiary alicyclic amines) is 1. The fraction of sp³-hybridized carbons (Fsp3) is 0.192. The molecule has 0 amide bonds. The number of rotatable bonds is 2. The van der Waals surface area contributed by atoms with E-state index < -0.39 is 0 Å². The molecule has 1 aliphatic carbocycles. The van der Waals surface area contributed by atoms with E-state index in [1.165, 1.54) is 33.4 Å². The lowest BCUT2D eigenvalue weighted by Crippen LogP contribution is -2.30.